The fraction of sp³-hybridized carbons (Fsp3) is 0.316. The van der Waals surface area contributed by atoms with E-state index in [0.717, 1.165) is 24.4 Å². The number of carbonyl (C=O) groups is 1. The van der Waals surface area contributed by atoms with Crippen LogP contribution in [0.1, 0.15) is 34.2 Å². The first-order valence-electron chi connectivity index (χ1n) is 8.80. The van der Waals surface area contributed by atoms with Crippen LogP contribution < -0.4 is 4.74 Å². The molecule has 1 atom stereocenters. The zero-order valence-corrected chi connectivity index (χ0v) is 15.7. The van der Waals surface area contributed by atoms with Crippen LogP contribution in [0.15, 0.2) is 42.6 Å². The molecule has 0 bridgehead atoms. The molecular formula is C19H20ClN5O2. The van der Waals surface area contributed by atoms with Gasteiger partial charge >= 0.3 is 0 Å². The zero-order valence-electron chi connectivity index (χ0n) is 14.9. The number of rotatable bonds is 5. The van der Waals surface area contributed by atoms with Crippen molar-refractivity contribution < 1.29 is 9.53 Å². The monoisotopic (exact) mass is 385 g/mol. The quantitative estimate of drug-likeness (QED) is 0.732. The van der Waals surface area contributed by atoms with Crippen LogP contribution in [0.4, 0.5) is 0 Å². The van der Waals surface area contributed by atoms with Crippen molar-refractivity contribution in [2.24, 2.45) is 7.05 Å². The minimum Gasteiger partial charge on any atom is -0.487 e. The molecule has 1 fully saturated rings. The molecule has 27 heavy (non-hydrogen) atoms. The lowest BCUT2D eigenvalue weighted by Crippen LogP contribution is -2.30. The number of hydrogen-bond acceptors (Lipinski definition) is 4. The predicted octanol–water partition coefficient (Wildman–Crippen LogP) is 3.01. The number of benzene rings is 1. The van der Waals surface area contributed by atoms with Crippen molar-refractivity contribution in [2.45, 2.75) is 18.9 Å². The molecule has 2 aromatic heterocycles. The number of ether oxygens (including phenoxy) is 1. The molecule has 4 rings (SSSR count). The lowest BCUT2D eigenvalue weighted by atomic mass is 10.1. The molecule has 0 saturated carbocycles. The molecule has 0 spiro atoms. The van der Waals surface area contributed by atoms with E-state index in [0.29, 0.717) is 29.6 Å². The SMILES string of the molecule is Cn1nccc1C(=O)N1CC[C@@H](c2cc(COc3cccc(Cl)c3)[nH]n2)C1. The van der Waals surface area contributed by atoms with Crippen LogP contribution in [0.2, 0.25) is 5.02 Å². The average molecular weight is 386 g/mol. The minimum absolute atomic E-state index is 0.0116. The Hall–Kier alpha value is -2.80. The van der Waals surface area contributed by atoms with Crippen molar-refractivity contribution >= 4 is 17.5 Å². The van der Waals surface area contributed by atoms with Crippen LogP contribution in [0.25, 0.3) is 0 Å². The molecule has 0 radical (unpaired) electrons. The summed E-state index contributed by atoms with van der Waals surface area (Å²) in [7, 11) is 1.78. The Labute approximate surface area is 161 Å². The van der Waals surface area contributed by atoms with E-state index < -0.39 is 0 Å². The molecule has 1 aromatic carbocycles. The second-order valence-corrected chi connectivity index (χ2v) is 7.08. The normalized spacial score (nSPS) is 16.7. The van der Waals surface area contributed by atoms with Crippen molar-refractivity contribution in [1.82, 2.24) is 24.9 Å². The zero-order chi connectivity index (χ0) is 18.8. The summed E-state index contributed by atoms with van der Waals surface area (Å²) < 4.78 is 7.35. The second kappa shape index (κ2) is 7.44. The number of aryl methyl sites for hydroxylation is 1. The Morgan fingerprint density at radius 2 is 2.26 bits per heavy atom. The van der Waals surface area contributed by atoms with Crippen molar-refractivity contribution in [3.8, 4) is 5.75 Å². The molecule has 1 aliphatic rings. The maximum Gasteiger partial charge on any atom is 0.272 e. The number of carbonyl (C=O) groups excluding carboxylic acids is 1. The van der Waals surface area contributed by atoms with E-state index in [-0.39, 0.29) is 11.8 Å². The van der Waals surface area contributed by atoms with Crippen molar-refractivity contribution in [1.29, 1.82) is 0 Å². The number of nitrogens with one attached hydrogen (secondary N) is 1. The van der Waals surface area contributed by atoms with Crippen LogP contribution in [0.5, 0.6) is 5.75 Å². The highest BCUT2D eigenvalue weighted by molar-refractivity contribution is 6.30. The summed E-state index contributed by atoms with van der Waals surface area (Å²) in [5.41, 5.74) is 2.45. The molecule has 3 heterocycles. The molecule has 7 nitrogen and oxygen atoms in total. The van der Waals surface area contributed by atoms with Crippen molar-refractivity contribution in [2.75, 3.05) is 13.1 Å². The van der Waals surface area contributed by atoms with E-state index in [2.05, 4.69) is 15.3 Å². The van der Waals surface area contributed by atoms with E-state index in [1.165, 1.54) is 0 Å². The van der Waals surface area contributed by atoms with E-state index >= 15 is 0 Å². The van der Waals surface area contributed by atoms with Gasteiger partial charge in [0.15, 0.2) is 0 Å². The molecule has 1 amide bonds. The summed E-state index contributed by atoms with van der Waals surface area (Å²) >= 11 is 5.96. The Morgan fingerprint density at radius 1 is 1.37 bits per heavy atom. The first-order valence-corrected chi connectivity index (χ1v) is 9.18. The smallest absolute Gasteiger partial charge is 0.272 e. The second-order valence-electron chi connectivity index (χ2n) is 6.64. The fourth-order valence-electron chi connectivity index (χ4n) is 3.31. The van der Waals surface area contributed by atoms with E-state index in [1.54, 1.807) is 36.1 Å². The summed E-state index contributed by atoms with van der Waals surface area (Å²) in [5, 5.41) is 12.1. The lowest BCUT2D eigenvalue weighted by molar-refractivity contribution is 0.0780. The van der Waals surface area contributed by atoms with Gasteiger partial charge in [0.05, 0.1) is 11.4 Å². The van der Waals surface area contributed by atoms with Crippen molar-refractivity contribution in [3.63, 3.8) is 0 Å². The number of hydrogen-bond donors (Lipinski definition) is 1. The van der Waals surface area contributed by atoms with E-state index in [4.69, 9.17) is 16.3 Å². The van der Waals surface area contributed by atoms with Gasteiger partial charge in [-0.05, 0) is 36.8 Å². The molecule has 1 N–H and O–H groups in total. The number of halogens is 1. The highest BCUT2D eigenvalue weighted by Gasteiger charge is 2.30. The van der Waals surface area contributed by atoms with Gasteiger partial charge in [-0.3, -0.25) is 14.6 Å². The van der Waals surface area contributed by atoms with Crippen LogP contribution in [-0.4, -0.2) is 43.9 Å². The van der Waals surface area contributed by atoms with Gasteiger partial charge in [-0.2, -0.15) is 10.2 Å². The molecule has 3 aromatic rings. The summed E-state index contributed by atoms with van der Waals surface area (Å²) in [6, 6.07) is 11.0. The maximum atomic E-state index is 12.6. The molecule has 1 saturated heterocycles. The molecule has 140 valence electrons. The van der Waals surface area contributed by atoms with Gasteiger partial charge in [-0.25, -0.2) is 0 Å². The highest BCUT2D eigenvalue weighted by Crippen LogP contribution is 2.27. The van der Waals surface area contributed by atoms with E-state index in [1.807, 2.05) is 23.1 Å². The van der Waals surface area contributed by atoms with Crippen LogP contribution in [-0.2, 0) is 13.7 Å². The maximum absolute atomic E-state index is 12.6. The third-order valence-corrected chi connectivity index (χ3v) is 5.01. The molecule has 0 unspecified atom stereocenters. The number of H-pyrrole nitrogens is 1. The Balaban J connectivity index is 1.36. The summed E-state index contributed by atoms with van der Waals surface area (Å²) in [4.78, 5) is 14.5. The van der Waals surface area contributed by atoms with Gasteiger partial charge in [-0.1, -0.05) is 17.7 Å². The van der Waals surface area contributed by atoms with E-state index in [9.17, 15) is 4.79 Å². The predicted molar refractivity (Wildman–Crippen MR) is 101 cm³/mol. The Kier molecular flexibility index (Phi) is 4.85. The first-order chi connectivity index (χ1) is 13.1. The molecule has 0 aliphatic carbocycles. The van der Waals surface area contributed by atoms with Gasteiger partial charge in [0.25, 0.3) is 5.91 Å². The highest BCUT2D eigenvalue weighted by atomic mass is 35.5. The number of amides is 1. The average Bonchev–Trinajstić information content (AvgIpc) is 3.40. The van der Waals surface area contributed by atoms with Gasteiger partial charge in [0.1, 0.15) is 18.1 Å². The molecular weight excluding hydrogens is 366 g/mol. The summed E-state index contributed by atoms with van der Waals surface area (Å²) in [6.45, 7) is 1.76. The van der Waals surface area contributed by atoms with Crippen molar-refractivity contribution in [3.05, 3.63) is 64.7 Å². The van der Waals surface area contributed by atoms with Crippen LogP contribution >= 0.6 is 11.6 Å². The molecule has 8 heteroatoms. The topological polar surface area (TPSA) is 76.0 Å². The van der Waals surface area contributed by atoms with Gasteiger partial charge in [-0.15, -0.1) is 0 Å². The lowest BCUT2D eigenvalue weighted by Gasteiger charge is -2.15. The van der Waals surface area contributed by atoms with Gasteiger partial charge in [0, 0.05) is 37.3 Å². The Morgan fingerprint density at radius 3 is 3.04 bits per heavy atom. The van der Waals surface area contributed by atoms with Gasteiger partial charge in [0.2, 0.25) is 0 Å². The third kappa shape index (κ3) is 3.83. The van der Waals surface area contributed by atoms with Gasteiger partial charge < -0.3 is 9.64 Å². The summed E-state index contributed by atoms with van der Waals surface area (Å²) in [6.07, 6.45) is 2.53. The summed E-state index contributed by atoms with van der Waals surface area (Å²) in [5.74, 6) is 0.948. The number of nitrogens with zero attached hydrogens (tertiary/aromatic N) is 4. The number of likely N-dealkylation sites (tertiary alicyclic amines) is 1. The standard InChI is InChI=1S/C19H20ClN5O2/c1-24-18(5-7-21-24)19(26)25-8-6-13(11-25)17-10-15(22-23-17)12-27-16-4-2-3-14(20)9-16/h2-5,7,9-10,13H,6,8,11-12H2,1H3,(H,22,23)/t13-/m1/s1. The number of aromatic nitrogens is 4. The molecule has 1 aliphatic heterocycles. The third-order valence-electron chi connectivity index (χ3n) is 4.77. The van der Waals surface area contributed by atoms with Crippen LogP contribution in [0.3, 0.4) is 0 Å². The fourth-order valence-corrected chi connectivity index (χ4v) is 3.49. The minimum atomic E-state index is 0.0116. The Bertz CT molecular complexity index is 951. The number of aromatic amines is 1. The largest absolute Gasteiger partial charge is 0.487 e. The first kappa shape index (κ1) is 17.6. The van der Waals surface area contributed by atoms with Crippen LogP contribution in [0, 0.1) is 0 Å².